The van der Waals surface area contributed by atoms with E-state index in [2.05, 4.69) is 29.2 Å². The molecule has 0 spiro atoms. The quantitative estimate of drug-likeness (QED) is 0.133. The van der Waals surface area contributed by atoms with Gasteiger partial charge in [-0.05, 0) is 41.8 Å². The number of nitrogens with zero attached hydrogens (tertiary/aromatic N) is 3. The Morgan fingerprint density at radius 3 is 2.03 bits per heavy atom. The fourth-order valence-corrected chi connectivity index (χ4v) is 3.63. The number of nitro groups is 1. The molecule has 0 aliphatic carbocycles. The molecule has 0 fully saturated rings. The maximum atomic E-state index is 10.8. The van der Waals surface area contributed by atoms with Gasteiger partial charge >= 0.3 is 0 Å². The highest BCUT2D eigenvalue weighted by Gasteiger charge is 2.13. The van der Waals surface area contributed by atoms with Crippen molar-refractivity contribution in [3.8, 4) is 39.7 Å². The normalized spacial score (nSPS) is 10.9. The lowest BCUT2D eigenvalue weighted by atomic mass is 10.0. The molecule has 3 aromatic carbocycles. The molecule has 0 atom stereocenters. The first-order chi connectivity index (χ1) is 16.6. The minimum absolute atomic E-state index is 0.0149. The van der Waals surface area contributed by atoms with E-state index < -0.39 is 4.92 Å². The molecular formula is C27H27N3O4. The summed E-state index contributed by atoms with van der Waals surface area (Å²) in [6.45, 7) is 2.97. The molecule has 0 saturated carbocycles. The van der Waals surface area contributed by atoms with Crippen LogP contribution in [0.5, 0.6) is 5.75 Å². The number of benzene rings is 3. The Bertz CT molecular complexity index is 1200. The zero-order valence-electron chi connectivity index (χ0n) is 19.1. The molecule has 1 heterocycles. The van der Waals surface area contributed by atoms with E-state index in [-0.39, 0.29) is 5.69 Å². The topological polar surface area (TPSA) is 91.3 Å². The number of aromatic nitrogens is 2. The van der Waals surface area contributed by atoms with Crippen molar-refractivity contribution in [2.24, 2.45) is 0 Å². The molecule has 0 aliphatic rings. The molecule has 7 nitrogen and oxygen atoms in total. The number of hydrogen-bond donors (Lipinski definition) is 0. The number of non-ortho nitro benzene ring substituents is 1. The molecule has 0 aliphatic heterocycles. The van der Waals surface area contributed by atoms with Crippen LogP contribution < -0.4 is 4.74 Å². The van der Waals surface area contributed by atoms with Crippen LogP contribution in [0.3, 0.4) is 0 Å². The van der Waals surface area contributed by atoms with Crippen LogP contribution in [0.4, 0.5) is 5.69 Å². The molecule has 0 unspecified atom stereocenters. The van der Waals surface area contributed by atoms with Gasteiger partial charge in [-0.1, -0.05) is 74.2 Å². The minimum atomic E-state index is -0.444. The van der Waals surface area contributed by atoms with Gasteiger partial charge in [0.15, 0.2) is 0 Å². The molecule has 0 amide bonds. The van der Waals surface area contributed by atoms with Gasteiger partial charge in [-0.15, -0.1) is 0 Å². The summed E-state index contributed by atoms with van der Waals surface area (Å²) in [6, 6.07) is 22.1. The van der Waals surface area contributed by atoms with Crippen molar-refractivity contribution in [1.29, 1.82) is 0 Å². The van der Waals surface area contributed by atoms with Crippen molar-refractivity contribution in [1.82, 2.24) is 10.1 Å². The van der Waals surface area contributed by atoms with E-state index in [1.807, 2.05) is 36.4 Å². The largest absolute Gasteiger partial charge is 0.494 e. The molecule has 4 aromatic rings. The molecule has 0 N–H and O–H groups in total. The van der Waals surface area contributed by atoms with E-state index in [0.717, 1.165) is 35.5 Å². The average molecular weight is 458 g/mol. The van der Waals surface area contributed by atoms with Gasteiger partial charge in [-0.2, -0.15) is 4.98 Å². The smallest absolute Gasteiger partial charge is 0.269 e. The summed E-state index contributed by atoms with van der Waals surface area (Å²) in [5.41, 5.74) is 3.64. The van der Waals surface area contributed by atoms with Crippen molar-refractivity contribution < 1.29 is 14.2 Å². The molecule has 174 valence electrons. The van der Waals surface area contributed by atoms with Crippen molar-refractivity contribution in [2.45, 2.75) is 39.0 Å². The van der Waals surface area contributed by atoms with Crippen molar-refractivity contribution in [3.05, 3.63) is 82.9 Å². The Kier molecular flexibility index (Phi) is 7.65. The molecular weight excluding hydrogens is 430 g/mol. The molecule has 1 aromatic heterocycles. The molecule has 0 radical (unpaired) electrons. The SMILES string of the molecule is CCCCCCCOc1ccc(-c2ccc(-c3noc(-c4ccc([N+](=O)[O-])cc4)n3)cc2)cc1. The van der Waals surface area contributed by atoms with Crippen LogP contribution in [0.25, 0.3) is 34.0 Å². The van der Waals surface area contributed by atoms with Crippen LogP contribution in [0, 0.1) is 10.1 Å². The van der Waals surface area contributed by atoms with Gasteiger partial charge in [-0.3, -0.25) is 10.1 Å². The zero-order valence-corrected chi connectivity index (χ0v) is 19.1. The van der Waals surface area contributed by atoms with Gasteiger partial charge in [0.05, 0.1) is 11.5 Å². The molecule has 0 saturated heterocycles. The Hall–Kier alpha value is -4.00. The van der Waals surface area contributed by atoms with E-state index >= 15 is 0 Å². The van der Waals surface area contributed by atoms with Gasteiger partial charge in [0, 0.05) is 23.3 Å². The number of hydrogen-bond acceptors (Lipinski definition) is 6. The third-order valence-electron chi connectivity index (χ3n) is 5.60. The predicted molar refractivity (Wildman–Crippen MR) is 132 cm³/mol. The van der Waals surface area contributed by atoms with Gasteiger partial charge in [0.25, 0.3) is 11.6 Å². The van der Waals surface area contributed by atoms with Crippen molar-refractivity contribution in [3.63, 3.8) is 0 Å². The Morgan fingerprint density at radius 1 is 0.794 bits per heavy atom. The third-order valence-corrected chi connectivity index (χ3v) is 5.60. The second kappa shape index (κ2) is 11.2. The maximum Gasteiger partial charge on any atom is 0.269 e. The summed E-state index contributed by atoms with van der Waals surface area (Å²) in [5.74, 6) is 1.67. The lowest BCUT2D eigenvalue weighted by molar-refractivity contribution is -0.384. The number of ether oxygens (including phenoxy) is 1. The fraction of sp³-hybridized carbons (Fsp3) is 0.259. The fourth-order valence-electron chi connectivity index (χ4n) is 3.63. The minimum Gasteiger partial charge on any atom is -0.494 e. The molecule has 0 bridgehead atoms. The highest BCUT2D eigenvalue weighted by molar-refractivity contribution is 5.68. The highest BCUT2D eigenvalue weighted by atomic mass is 16.6. The summed E-state index contributed by atoms with van der Waals surface area (Å²) in [4.78, 5) is 14.8. The lowest BCUT2D eigenvalue weighted by Crippen LogP contribution is -1.97. The summed E-state index contributed by atoms with van der Waals surface area (Å²) >= 11 is 0. The molecule has 34 heavy (non-hydrogen) atoms. The summed E-state index contributed by atoms with van der Waals surface area (Å²) in [7, 11) is 0. The van der Waals surface area contributed by atoms with Crippen LogP contribution >= 0.6 is 0 Å². The van der Waals surface area contributed by atoms with Crippen LogP contribution in [-0.4, -0.2) is 21.7 Å². The Balaban J connectivity index is 1.36. The Labute approximate surface area is 198 Å². The van der Waals surface area contributed by atoms with E-state index in [0.29, 0.717) is 17.3 Å². The van der Waals surface area contributed by atoms with Gasteiger partial charge in [0.2, 0.25) is 5.82 Å². The predicted octanol–water partition coefficient (Wildman–Crippen LogP) is 7.33. The van der Waals surface area contributed by atoms with Crippen molar-refractivity contribution in [2.75, 3.05) is 6.61 Å². The molecule has 4 rings (SSSR count). The van der Waals surface area contributed by atoms with Gasteiger partial charge < -0.3 is 9.26 Å². The summed E-state index contributed by atoms with van der Waals surface area (Å²) in [5, 5.41) is 14.9. The van der Waals surface area contributed by atoms with E-state index in [1.54, 1.807) is 12.1 Å². The second-order valence-electron chi connectivity index (χ2n) is 8.09. The molecule has 7 heteroatoms. The monoisotopic (exact) mass is 457 g/mol. The number of nitro benzene ring substituents is 1. The Morgan fingerprint density at radius 2 is 1.38 bits per heavy atom. The maximum absolute atomic E-state index is 10.8. The van der Waals surface area contributed by atoms with E-state index in [1.165, 1.54) is 37.8 Å². The number of rotatable bonds is 11. The average Bonchev–Trinajstić information content (AvgIpc) is 3.37. The van der Waals surface area contributed by atoms with E-state index in [9.17, 15) is 10.1 Å². The lowest BCUT2D eigenvalue weighted by Gasteiger charge is -2.08. The summed E-state index contributed by atoms with van der Waals surface area (Å²) < 4.78 is 11.2. The van der Waals surface area contributed by atoms with Crippen LogP contribution in [0.15, 0.2) is 77.3 Å². The first-order valence-corrected chi connectivity index (χ1v) is 11.6. The van der Waals surface area contributed by atoms with Gasteiger partial charge in [0.1, 0.15) is 5.75 Å². The summed E-state index contributed by atoms with van der Waals surface area (Å²) in [6.07, 6.45) is 6.12. The van der Waals surface area contributed by atoms with Crippen LogP contribution in [0.2, 0.25) is 0 Å². The van der Waals surface area contributed by atoms with Gasteiger partial charge in [-0.25, -0.2) is 0 Å². The standard InChI is InChI=1S/C27H27N3O4/c1-2-3-4-5-6-19-33-25-17-13-21(14-18-25)20-7-9-22(10-8-20)26-28-27(34-29-26)23-11-15-24(16-12-23)30(31)32/h7-18H,2-6,19H2,1H3. The van der Waals surface area contributed by atoms with Crippen molar-refractivity contribution >= 4 is 5.69 Å². The third kappa shape index (κ3) is 5.86. The van der Waals surface area contributed by atoms with Crippen LogP contribution in [-0.2, 0) is 0 Å². The first-order valence-electron chi connectivity index (χ1n) is 11.6. The van der Waals surface area contributed by atoms with E-state index in [4.69, 9.17) is 9.26 Å². The highest BCUT2D eigenvalue weighted by Crippen LogP contribution is 2.27. The zero-order chi connectivity index (χ0) is 23.8. The first kappa shape index (κ1) is 23.2. The van der Waals surface area contributed by atoms with Crippen LogP contribution in [0.1, 0.15) is 39.0 Å². The second-order valence-corrected chi connectivity index (χ2v) is 8.09. The number of unbranched alkanes of at least 4 members (excludes halogenated alkanes) is 4.